The van der Waals surface area contributed by atoms with Crippen LogP contribution in [0.15, 0.2) is 35.7 Å². The molecule has 0 spiro atoms. The highest BCUT2D eigenvalue weighted by Crippen LogP contribution is 2.20. The normalized spacial score (nSPS) is 10.0. The summed E-state index contributed by atoms with van der Waals surface area (Å²) in [5.74, 6) is -0.754. The van der Waals surface area contributed by atoms with Gasteiger partial charge in [-0.3, -0.25) is 4.79 Å². The van der Waals surface area contributed by atoms with Gasteiger partial charge in [0.25, 0.3) is 5.91 Å². The first-order chi connectivity index (χ1) is 11.0. The molecule has 0 aliphatic rings. The Labute approximate surface area is 156 Å². The number of hydrogen-bond donors (Lipinski definition) is 2. The number of nitrogens with two attached hydrogens (primary N) is 2. The quantitative estimate of drug-likeness (QED) is 0.525. The number of imidazole rings is 1. The molecule has 0 saturated heterocycles. The average Bonchev–Trinajstić information content (AvgIpc) is 3.10. The van der Waals surface area contributed by atoms with Gasteiger partial charge >= 0.3 is 0 Å². The number of aryl methyl sites for hydroxylation is 1. The molecule has 25 heavy (non-hydrogen) atoms. The fourth-order valence-corrected chi connectivity index (χ4v) is 2.54. The number of rotatable bonds is 3. The number of nitrogens with zero attached hydrogens (tertiary/aromatic N) is 5. The maximum atomic E-state index is 12.1. The van der Waals surface area contributed by atoms with Crippen LogP contribution in [0.1, 0.15) is 23.0 Å². The van der Waals surface area contributed by atoms with Crippen LogP contribution in [0.2, 0.25) is 0 Å². The molecule has 3 aromatic rings. The molecule has 4 N–H and O–H groups in total. The molecule has 2 aromatic heterocycles. The Morgan fingerprint density at radius 1 is 1.28 bits per heavy atom. The molecule has 134 valence electrons. The molecule has 0 atom stereocenters. The van der Waals surface area contributed by atoms with Crippen LogP contribution < -0.4 is 11.5 Å². The van der Waals surface area contributed by atoms with Gasteiger partial charge < -0.3 is 16.0 Å². The SMILES string of the molecule is CCc1c(C(=O)N=C(N)N)cnn1-c1ccc2ncn(C)c2c1.Cl.Cl. The van der Waals surface area contributed by atoms with Crippen LogP contribution in [-0.4, -0.2) is 31.2 Å². The summed E-state index contributed by atoms with van der Waals surface area (Å²) in [6.07, 6.45) is 3.86. The lowest BCUT2D eigenvalue weighted by atomic mass is 10.2. The van der Waals surface area contributed by atoms with Crippen molar-refractivity contribution in [3.63, 3.8) is 0 Å². The summed E-state index contributed by atoms with van der Waals surface area (Å²) < 4.78 is 3.65. The van der Waals surface area contributed by atoms with E-state index in [4.69, 9.17) is 11.5 Å². The number of aromatic nitrogens is 4. The number of hydrogen-bond acceptors (Lipinski definition) is 3. The summed E-state index contributed by atoms with van der Waals surface area (Å²) in [4.78, 5) is 20.0. The third-order valence-corrected chi connectivity index (χ3v) is 3.62. The number of fused-ring (bicyclic) bond motifs is 1. The van der Waals surface area contributed by atoms with Crippen LogP contribution in [-0.2, 0) is 13.5 Å². The van der Waals surface area contributed by atoms with Crippen molar-refractivity contribution in [3.8, 4) is 5.69 Å². The molecule has 2 heterocycles. The van der Waals surface area contributed by atoms with Crippen LogP contribution >= 0.6 is 24.8 Å². The van der Waals surface area contributed by atoms with Crippen LogP contribution in [0.5, 0.6) is 0 Å². The summed E-state index contributed by atoms with van der Waals surface area (Å²) in [5.41, 5.74) is 14.4. The summed E-state index contributed by atoms with van der Waals surface area (Å²) in [6.45, 7) is 1.95. The maximum absolute atomic E-state index is 12.1. The first-order valence-electron chi connectivity index (χ1n) is 7.13. The summed E-state index contributed by atoms with van der Waals surface area (Å²) in [6, 6.07) is 5.81. The van der Waals surface area contributed by atoms with Gasteiger partial charge in [0.15, 0.2) is 5.96 Å². The molecule has 0 saturated carbocycles. The smallest absolute Gasteiger partial charge is 0.283 e. The van der Waals surface area contributed by atoms with E-state index in [0.717, 1.165) is 22.4 Å². The third-order valence-electron chi connectivity index (χ3n) is 3.62. The Morgan fingerprint density at radius 2 is 2.00 bits per heavy atom. The topological polar surface area (TPSA) is 117 Å². The zero-order valence-electron chi connectivity index (χ0n) is 13.7. The molecule has 0 bridgehead atoms. The Bertz CT molecular complexity index is 925. The van der Waals surface area contributed by atoms with Gasteiger partial charge in [0.2, 0.25) is 0 Å². The van der Waals surface area contributed by atoms with Crippen molar-refractivity contribution in [2.75, 3.05) is 0 Å². The first kappa shape index (κ1) is 20.5. The summed E-state index contributed by atoms with van der Waals surface area (Å²) in [5, 5.41) is 4.32. The Kier molecular flexibility index (Phi) is 6.55. The van der Waals surface area contributed by atoms with E-state index >= 15 is 0 Å². The maximum Gasteiger partial charge on any atom is 0.283 e. The predicted molar refractivity (Wildman–Crippen MR) is 102 cm³/mol. The minimum Gasteiger partial charge on any atom is -0.370 e. The van der Waals surface area contributed by atoms with Crippen molar-refractivity contribution < 1.29 is 4.79 Å². The second-order valence-corrected chi connectivity index (χ2v) is 5.14. The van der Waals surface area contributed by atoms with E-state index in [0.29, 0.717) is 12.0 Å². The van der Waals surface area contributed by atoms with Gasteiger partial charge in [-0.1, -0.05) is 6.92 Å². The predicted octanol–water partition coefficient (Wildman–Crippen LogP) is 1.58. The van der Waals surface area contributed by atoms with Crippen LogP contribution in [0.25, 0.3) is 16.7 Å². The molecule has 1 aromatic carbocycles. The van der Waals surface area contributed by atoms with Crippen molar-refractivity contribution in [2.24, 2.45) is 23.5 Å². The summed E-state index contributed by atoms with van der Waals surface area (Å²) >= 11 is 0. The molecule has 3 rings (SSSR count). The highest BCUT2D eigenvalue weighted by molar-refractivity contribution is 6.02. The van der Waals surface area contributed by atoms with E-state index in [9.17, 15) is 4.79 Å². The van der Waals surface area contributed by atoms with E-state index in [2.05, 4.69) is 15.1 Å². The van der Waals surface area contributed by atoms with Gasteiger partial charge in [-0.05, 0) is 24.6 Å². The highest BCUT2D eigenvalue weighted by Gasteiger charge is 2.17. The Balaban J connectivity index is 0.00000156. The molecule has 10 heteroatoms. The van der Waals surface area contributed by atoms with Crippen molar-refractivity contribution in [1.29, 1.82) is 0 Å². The molecular weight excluding hydrogens is 365 g/mol. The van der Waals surface area contributed by atoms with E-state index in [1.807, 2.05) is 36.7 Å². The molecule has 0 radical (unpaired) electrons. The fraction of sp³-hybridized carbons (Fsp3) is 0.200. The lowest BCUT2D eigenvalue weighted by Gasteiger charge is -2.07. The highest BCUT2D eigenvalue weighted by atomic mass is 35.5. The van der Waals surface area contributed by atoms with Crippen LogP contribution in [0.3, 0.4) is 0 Å². The molecular formula is C15H19Cl2N7O. The summed E-state index contributed by atoms with van der Waals surface area (Å²) in [7, 11) is 1.93. The van der Waals surface area contributed by atoms with Gasteiger partial charge in [-0.15, -0.1) is 24.8 Å². The number of aliphatic imine (C=N–C) groups is 1. The number of carbonyl (C=O) groups excluding carboxylic acids is 1. The van der Waals surface area contributed by atoms with Crippen LogP contribution in [0, 0.1) is 0 Å². The second kappa shape index (κ2) is 8.00. The van der Waals surface area contributed by atoms with E-state index < -0.39 is 5.91 Å². The van der Waals surface area contributed by atoms with Crippen molar-refractivity contribution in [1.82, 2.24) is 19.3 Å². The number of benzene rings is 1. The lowest BCUT2D eigenvalue weighted by molar-refractivity contribution is 0.100. The molecule has 0 fully saturated rings. The average molecular weight is 384 g/mol. The molecule has 0 unspecified atom stereocenters. The van der Waals surface area contributed by atoms with Crippen molar-refractivity contribution in [3.05, 3.63) is 42.0 Å². The van der Waals surface area contributed by atoms with Gasteiger partial charge in [0.05, 0.1) is 40.5 Å². The van der Waals surface area contributed by atoms with Crippen molar-refractivity contribution >= 4 is 47.7 Å². The minimum absolute atomic E-state index is 0. The lowest BCUT2D eigenvalue weighted by Crippen LogP contribution is -2.24. The third kappa shape index (κ3) is 3.75. The van der Waals surface area contributed by atoms with Crippen LogP contribution in [0.4, 0.5) is 0 Å². The number of amides is 1. The molecule has 0 aliphatic carbocycles. The number of guanidine groups is 1. The fourth-order valence-electron chi connectivity index (χ4n) is 2.54. The molecule has 0 aliphatic heterocycles. The molecule has 1 amide bonds. The number of carbonyl (C=O) groups is 1. The zero-order chi connectivity index (χ0) is 16.6. The zero-order valence-corrected chi connectivity index (χ0v) is 15.3. The number of halogens is 2. The van der Waals surface area contributed by atoms with Gasteiger partial charge in [0.1, 0.15) is 0 Å². The van der Waals surface area contributed by atoms with E-state index in [1.165, 1.54) is 6.20 Å². The largest absolute Gasteiger partial charge is 0.370 e. The first-order valence-corrected chi connectivity index (χ1v) is 7.13. The van der Waals surface area contributed by atoms with Gasteiger partial charge in [-0.2, -0.15) is 10.1 Å². The molecule has 8 nitrogen and oxygen atoms in total. The monoisotopic (exact) mass is 383 g/mol. The van der Waals surface area contributed by atoms with E-state index in [-0.39, 0.29) is 30.8 Å². The van der Waals surface area contributed by atoms with Crippen molar-refractivity contribution in [2.45, 2.75) is 13.3 Å². The minimum atomic E-state index is -0.491. The Hall–Kier alpha value is -2.58. The Morgan fingerprint density at radius 3 is 2.64 bits per heavy atom. The second-order valence-electron chi connectivity index (χ2n) is 5.14. The standard InChI is InChI=1S/C15H17N7O.2ClH/c1-3-12-10(14(23)20-15(16)17)7-19-22(12)9-4-5-11-13(6-9)21(2)8-18-11;;/h4-8H,3H2,1-2H3,(H4,16,17,20,23);2*1H. The van der Waals surface area contributed by atoms with Gasteiger partial charge in [0, 0.05) is 7.05 Å². The van der Waals surface area contributed by atoms with E-state index in [1.54, 1.807) is 11.0 Å². The van der Waals surface area contributed by atoms with Gasteiger partial charge in [-0.25, -0.2) is 9.67 Å².